The number of fused-ring (bicyclic) bond motifs is 1. The van der Waals surface area contributed by atoms with Crippen molar-refractivity contribution in [3.8, 4) is 0 Å². The lowest BCUT2D eigenvalue weighted by Gasteiger charge is -2.10. The van der Waals surface area contributed by atoms with E-state index in [-0.39, 0.29) is 0 Å². The molecule has 0 bridgehead atoms. The van der Waals surface area contributed by atoms with E-state index >= 15 is 0 Å². The molecule has 1 aromatic carbocycles. The summed E-state index contributed by atoms with van der Waals surface area (Å²) in [5, 5.41) is 11.1. The van der Waals surface area contributed by atoms with E-state index < -0.39 is 12.1 Å². The first kappa shape index (κ1) is 12.0. The molecule has 0 amide bonds. The van der Waals surface area contributed by atoms with Crippen LogP contribution in [0.3, 0.4) is 0 Å². The molecule has 1 heterocycles. The fraction of sp³-hybridized carbons (Fsp3) is 0.250. The molecule has 2 rings (SSSR count). The SMILES string of the molecule is COC(=O)C(O)c1cccc2c1c(Cl)cn2C. The first-order valence-electron chi connectivity index (χ1n) is 5.05. The third kappa shape index (κ3) is 1.90. The number of hydrogen-bond acceptors (Lipinski definition) is 3. The molecular weight excluding hydrogens is 242 g/mol. The van der Waals surface area contributed by atoms with Gasteiger partial charge in [0.2, 0.25) is 0 Å². The maximum Gasteiger partial charge on any atom is 0.339 e. The number of carbonyl (C=O) groups is 1. The zero-order valence-electron chi connectivity index (χ0n) is 9.48. The second-order valence-electron chi connectivity index (χ2n) is 3.76. The molecule has 90 valence electrons. The fourth-order valence-corrected chi connectivity index (χ4v) is 2.23. The van der Waals surface area contributed by atoms with Crippen LogP contribution in [0.4, 0.5) is 0 Å². The number of ether oxygens (including phenoxy) is 1. The first-order valence-corrected chi connectivity index (χ1v) is 5.43. The van der Waals surface area contributed by atoms with E-state index in [2.05, 4.69) is 4.74 Å². The minimum atomic E-state index is -1.32. The largest absolute Gasteiger partial charge is 0.467 e. The highest BCUT2D eigenvalue weighted by Crippen LogP contribution is 2.32. The van der Waals surface area contributed by atoms with Gasteiger partial charge in [-0.3, -0.25) is 0 Å². The summed E-state index contributed by atoms with van der Waals surface area (Å²) in [4.78, 5) is 11.4. The Kier molecular flexibility index (Phi) is 3.09. The van der Waals surface area contributed by atoms with Crippen molar-refractivity contribution in [1.82, 2.24) is 4.57 Å². The molecule has 0 radical (unpaired) electrons. The Morgan fingerprint density at radius 2 is 2.24 bits per heavy atom. The molecule has 0 fully saturated rings. The quantitative estimate of drug-likeness (QED) is 0.834. The van der Waals surface area contributed by atoms with Crippen LogP contribution in [0.25, 0.3) is 10.9 Å². The predicted octanol–water partition coefficient (Wildman–Crippen LogP) is 2.04. The molecule has 1 N–H and O–H groups in total. The number of aryl methyl sites for hydroxylation is 1. The van der Waals surface area contributed by atoms with Crippen LogP contribution in [0.5, 0.6) is 0 Å². The predicted molar refractivity (Wildman–Crippen MR) is 64.9 cm³/mol. The minimum absolute atomic E-state index is 0.458. The maximum atomic E-state index is 11.4. The number of halogens is 1. The molecule has 4 nitrogen and oxygen atoms in total. The smallest absolute Gasteiger partial charge is 0.339 e. The van der Waals surface area contributed by atoms with Crippen molar-refractivity contribution < 1.29 is 14.6 Å². The lowest BCUT2D eigenvalue weighted by Crippen LogP contribution is -2.13. The van der Waals surface area contributed by atoms with E-state index in [1.807, 2.05) is 17.7 Å². The van der Waals surface area contributed by atoms with E-state index in [0.717, 1.165) is 5.52 Å². The molecule has 1 atom stereocenters. The van der Waals surface area contributed by atoms with E-state index in [1.54, 1.807) is 18.3 Å². The van der Waals surface area contributed by atoms with Gasteiger partial charge in [0, 0.05) is 29.7 Å². The molecule has 0 saturated carbocycles. The number of esters is 1. The van der Waals surface area contributed by atoms with Crippen molar-refractivity contribution in [3.63, 3.8) is 0 Å². The normalized spacial score (nSPS) is 12.7. The highest BCUT2D eigenvalue weighted by molar-refractivity contribution is 6.36. The highest BCUT2D eigenvalue weighted by atomic mass is 35.5. The summed E-state index contributed by atoms with van der Waals surface area (Å²) in [6, 6.07) is 5.30. The Labute approximate surface area is 103 Å². The second-order valence-corrected chi connectivity index (χ2v) is 4.16. The average molecular weight is 254 g/mol. The van der Waals surface area contributed by atoms with Crippen LogP contribution in [0.15, 0.2) is 24.4 Å². The van der Waals surface area contributed by atoms with Crippen molar-refractivity contribution >= 4 is 28.5 Å². The second kappa shape index (κ2) is 4.39. The Hall–Kier alpha value is -1.52. The van der Waals surface area contributed by atoms with Gasteiger partial charge in [0.25, 0.3) is 0 Å². The van der Waals surface area contributed by atoms with Crippen molar-refractivity contribution in [3.05, 3.63) is 35.0 Å². The standard InChI is InChI=1S/C12H12ClNO3/c1-14-6-8(13)10-7(4-3-5-9(10)14)11(15)12(16)17-2/h3-6,11,15H,1-2H3. The zero-order valence-corrected chi connectivity index (χ0v) is 10.2. The summed E-state index contributed by atoms with van der Waals surface area (Å²) in [6.45, 7) is 0. The minimum Gasteiger partial charge on any atom is -0.467 e. The summed E-state index contributed by atoms with van der Waals surface area (Å²) in [7, 11) is 3.08. The third-order valence-corrected chi connectivity index (χ3v) is 3.01. The van der Waals surface area contributed by atoms with Crippen LogP contribution in [-0.2, 0) is 16.6 Å². The number of aliphatic hydroxyl groups excluding tert-OH is 1. The van der Waals surface area contributed by atoms with Gasteiger partial charge in [-0.1, -0.05) is 23.7 Å². The monoisotopic (exact) mass is 253 g/mol. The van der Waals surface area contributed by atoms with Crippen molar-refractivity contribution in [2.24, 2.45) is 7.05 Å². The third-order valence-electron chi connectivity index (χ3n) is 2.72. The molecule has 5 heteroatoms. The number of methoxy groups -OCH3 is 1. The van der Waals surface area contributed by atoms with Gasteiger partial charge in [-0.15, -0.1) is 0 Å². The van der Waals surface area contributed by atoms with E-state index in [0.29, 0.717) is 16.0 Å². The Balaban J connectivity index is 2.66. The van der Waals surface area contributed by atoms with Gasteiger partial charge in [-0.2, -0.15) is 0 Å². The number of aliphatic hydroxyl groups is 1. The molecule has 2 aromatic rings. The van der Waals surface area contributed by atoms with Gasteiger partial charge in [-0.05, 0) is 6.07 Å². The van der Waals surface area contributed by atoms with Crippen LogP contribution in [0.1, 0.15) is 11.7 Å². The van der Waals surface area contributed by atoms with Crippen LogP contribution in [0.2, 0.25) is 5.02 Å². The number of rotatable bonds is 2. The molecule has 0 aliphatic heterocycles. The van der Waals surface area contributed by atoms with Crippen molar-refractivity contribution in [2.45, 2.75) is 6.10 Å². The van der Waals surface area contributed by atoms with Gasteiger partial charge in [0.15, 0.2) is 6.10 Å². The van der Waals surface area contributed by atoms with Crippen LogP contribution >= 0.6 is 11.6 Å². The molecular formula is C12H12ClNO3. The number of carbonyl (C=O) groups excluding carboxylic acids is 1. The van der Waals surface area contributed by atoms with Crippen LogP contribution in [-0.4, -0.2) is 22.8 Å². The van der Waals surface area contributed by atoms with Crippen molar-refractivity contribution in [1.29, 1.82) is 0 Å². The van der Waals surface area contributed by atoms with Crippen molar-refractivity contribution in [2.75, 3.05) is 7.11 Å². The lowest BCUT2D eigenvalue weighted by atomic mass is 10.0. The summed E-state index contributed by atoms with van der Waals surface area (Å²) < 4.78 is 6.36. The van der Waals surface area contributed by atoms with E-state index in [9.17, 15) is 9.90 Å². The van der Waals surface area contributed by atoms with Gasteiger partial charge in [-0.25, -0.2) is 4.79 Å². The molecule has 0 saturated heterocycles. The summed E-state index contributed by atoms with van der Waals surface area (Å²) in [5.41, 5.74) is 1.32. The lowest BCUT2D eigenvalue weighted by molar-refractivity contribution is -0.150. The van der Waals surface area contributed by atoms with Gasteiger partial charge >= 0.3 is 5.97 Å². The maximum absolute atomic E-state index is 11.4. The Bertz CT molecular complexity index is 576. The number of hydrogen-bond donors (Lipinski definition) is 1. The Morgan fingerprint density at radius 1 is 1.53 bits per heavy atom. The highest BCUT2D eigenvalue weighted by Gasteiger charge is 2.22. The molecule has 0 aliphatic rings. The molecule has 0 aliphatic carbocycles. The number of aromatic nitrogens is 1. The summed E-state index contributed by atoms with van der Waals surface area (Å²) in [5.74, 6) is -0.697. The van der Waals surface area contributed by atoms with E-state index in [4.69, 9.17) is 11.6 Å². The molecule has 17 heavy (non-hydrogen) atoms. The van der Waals surface area contributed by atoms with Crippen LogP contribution in [0, 0.1) is 0 Å². The molecule has 0 spiro atoms. The molecule has 1 aromatic heterocycles. The fourth-order valence-electron chi connectivity index (χ4n) is 1.88. The first-order chi connectivity index (χ1) is 8.06. The summed E-state index contributed by atoms with van der Waals surface area (Å²) in [6.07, 6.45) is 0.420. The Morgan fingerprint density at radius 3 is 2.88 bits per heavy atom. The van der Waals surface area contributed by atoms with Gasteiger partial charge in [0.1, 0.15) is 0 Å². The zero-order chi connectivity index (χ0) is 12.6. The summed E-state index contributed by atoms with van der Waals surface area (Å²) >= 11 is 6.09. The topological polar surface area (TPSA) is 51.5 Å². The van der Waals surface area contributed by atoms with E-state index in [1.165, 1.54) is 7.11 Å². The van der Waals surface area contributed by atoms with Gasteiger partial charge < -0.3 is 14.4 Å². The number of benzene rings is 1. The number of nitrogens with zero attached hydrogens (tertiary/aromatic N) is 1. The molecule has 1 unspecified atom stereocenters. The van der Waals surface area contributed by atoms with Crippen LogP contribution < -0.4 is 0 Å². The average Bonchev–Trinajstić information content (AvgIpc) is 2.63. The van der Waals surface area contributed by atoms with Gasteiger partial charge in [0.05, 0.1) is 12.1 Å².